The van der Waals surface area contributed by atoms with Crippen molar-refractivity contribution < 1.29 is 5.11 Å². The van der Waals surface area contributed by atoms with Crippen molar-refractivity contribution in [2.75, 3.05) is 26.2 Å². The second-order valence-electron chi connectivity index (χ2n) is 4.15. The Kier molecular flexibility index (Phi) is 7.25. The third-order valence-electron chi connectivity index (χ3n) is 2.61. The number of pyridine rings is 1. The fourth-order valence-corrected chi connectivity index (χ4v) is 1.76. The van der Waals surface area contributed by atoms with Gasteiger partial charge in [0.15, 0.2) is 0 Å². The van der Waals surface area contributed by atoms with Crippen molar-refractivity contribution in [2.24, 2.45) is 0 Å². The quantitative estimate of drug-likeness (QED) is 0.645. The van der Waals surface area contributed by atoms with Gasteiger partial charge >= 0.3 is 0 Å². The largest absolute Gasteiger partial charge is 0.395 e. The highest BCUT2D eigenvalue weighted by molar-refractivity contribution is 5.11. The van der Waals surface area contributed by atoms with E-state index in [-0.39, 0.29) is 6.61 Å². The molecular formula is C14H23N3O. The summed E-state index contributed by atoms with van der Waals surface area (Å²) in [5.74, 6) is 0. The van der Waals surface area contributed by atoms with Gasteiger partial charge in [-0.05, 0) is 18.7 Å². The Morgan fingerprint density at radius 3 is 2.89 bits per heavy atom. The molecule has 1 rings (SSSR count). The lowest BCUT2D eigenvalue weighted by molar-refractivity contribution is 0.202. The van der Waals surface area contributed by atoms with Gasteiger partial charge in [-0.3, -0.25) is 9.88 Å². The van der Waals surface area contributed by atoms with E-state index in [0.29, 0.717) is 6.54 Å². The van der Waals surface area contributed by atoms with Crippen molar-refractivity contribution in [1.29, 1.82) is 0 Å². The number of rotatable bonds is 9. The molecule has 0 aliphatic heterocycles. The van der Waals surface area contributed by atoms with Crippen molar-refractivity contribution in [3.05, 3.63) is 42.2 Å². The zero-order valence-corrected chi connectivity index (χ0v) is 11.1. The van der Waals surface area contributed by atoms with Gasteiger partial charge in [-0.1, -0.05) is 19.1 Å². The van der Waals surface area contributed by atoms with Gasteiger partial charge in [0.05, 0.1) is 18.0 Å². The highest BCUT2D eigenvalue weighted by Crippen LogP contribution is 2.04. The van der Waals surface area contributed by atoms with E-state index in [4.69, 9.17) is 5.11 Å². The Morgan fingerprint density at radius 1 is 1.44 bits per heavy atom. The molecule has 0 saturated heterocycles. The topological polar surface area (TPSA) is 48.4 Å². The van der Waals surface area contributed by atoms with Gasteiger partial charge in [-0.15, -0.1) is 6.58 Å². The molecule has 2 N–H and O–H groups in total. The van der Waals surface area contributed by atoms with Crippen LogP contribution in [0.25, 0.3) is 0 Å². The molecule has 0 spiro atoms. The van der Waals surface area contributed by atoms with Crippen LogP contribution >= 0.6 is 0 Å². The molecule has 0 aliphatic carbocycles. The Hall–Kier alpha value is -1.23. The van der Waals surface area contributed by atoms with Crippen LogP contribution < -0.4 is 5.32 Å². The number of hydrogen-bond acceptors (Lipinski definition) is 4. The lowest BCUT2D eigenvalue weighted by Crippen LogP contribution is -2.27. The van der Waals surface area contributed by atoms with Crippen LogP contribution in [0.5, 0.6) is 0 Å². The average molecular weight is 249 g/mol. The fourth-order valence-electron chi connectivity index (χ4n) is 1.76. The Bertz CT molecular complexity index is 355. The molecule has 0 atom stereocenters. The van der Waals surface area contributed by atoms with E-state index in [2.05, 4.69) is 28.7 Å². The molecule has 0 aromatic carbocycles. The smallest absolute Gasteiger partial charge is 0.0558 e. The predicted octanol–water partition coefficient (Wildman–Crippen LogP) is 1.17. The molecule has 100 valence electrons. The average Bonchev–Trinajstić information content (AvgIpc) is 2.37. The van der Waals surface area contributed by atoms with Crippen LogP contribution in [-0.4, -0.2) is 41.2 Å². The van der Waals surface area contributed by atoms with Gasteiger partial charge in [0.25, 0.3) is 0 Å². The minimum atomic E-state index is 0.158. The molecule has 0 radical (unpaired) electrons. The van der Waals surface area contributed by atoms with Gasteiger partial charge in [-0.2, -0.15) is 0 Å². The zero-order valence-electron chi connectivity index (χ0n) is 11.1. The van der Waals surface area contributed by atoms with Crippen LogP contribution in [0.3, 0.4) is 0 Å². The number of nitrogens with one attached hydrogen (secondary N) is 1. The molecule has 4 heteroatoms. The molecule has 0 fully saturated rings. The van der Waals surface area contributed by atoms with Crippen LogP contribution in [0.4, 0.5) is 0 Å². The lowest BCUT2D eigenvalue weighted by Gasteiger charge is -2.19. The van der Waals surface area contributed by atoms with Gasteiger partial charge < -0.3 is 10.4 Å². The van der Waals surface area contributed by atoms with E-state index in [1.165, 1.54) is 0 Å². The SMILES string of the molecule is C=CCN(CCO)Cc1cccc(CNCC)n1. The standard InChI is InChI=1S/C14H23N3O/c1-3-8-17(9-10-18)12-14-7-5-6-13(16-14)11-15-4-2/h3,5-7,15,18H,1,4,8-12H2,2H3. The highest BCUT2D eigenvalue weighted by atomic mass is 16.3. The van der Waals surface area contributed by atoms with Crippen molar-refractivity contribution in [3.8, 4) is 0 Å². The van der Waals surface area contributed by atoms with Gasteiger partial charge in [-0.25, -0.2) is 0 Å². The van der Waals surface area contributed by atoms with Crippen LogP contribution in [0.15, 0.2) is 30.9 Å². The van der Waals surface area contributed by atoms with Crippen molar-refractivity contribution in [1.82, 2.24) is 15.2 Å². The summed E-state index contributed by atoms with van der Waals surface area (Å²) >= 11 is 0. The summed E-state index contributed by atoms with van der Waals surface area (Å²) in [6.45, 7) is 9.86. The number of nitrogens with zero attached hydrogens (tertiary/aromatic N) is 2. The second kappa shape index (κ2) is 8.80. The molecule has 0 saturated carbocycles. The van der Waals surface area contributed by atoms with Gasteiger partial charge in [0.1, 0.15) is 0 Å². The summed E-state index contributed by atoms with van der Waals surface area (Å²) in [4.78, 5) is 6.71. The summed E-state index contributed by atoms with van der Waals surface area (Å²) in [6, 6.07) is 6.07. The summed E-state index contributed by atoms with van der Waals surface area (Å²) in [5.41, 5.74) is 2.08. The molecule has 1 aromatic rings. The van der Waals surface area contributed by atoms with Crippen LogP contribution in [-0.2, 0) is 13.1 Å². The number of aliphatic hydroxyl groups excluding tert-OH is 1. The van der Waals surface area contributed by atoms with Crippen molar-refractivity contribution in [3.63, 3.8) is 0 Å². The molecular weight excluding hydrogens is 226 g/mol. The lowest BCUT2D eigenvalue weighted by atomic mass is 10.2. The molecule has 4 nitrogen and oxygen atoms in total. The number of hydrogen-bond donors (Lipinski definition) is 2. The van der Waals surface area contributed by atoms with E-state index >= 15 is 0 Å². The van der Waals surface area contributed by atoms with E-state index in [0.717, 1.165) is 37.6 Å². The monoisotopic (exact) mass is 249 g/mol. The molecule has 18 heavy (non-hydrogen) atoms. The predicted molar refractivity (Wildman–Crippen MR) is 74.2 cm³/mol. The van der Waals surface area contributed by atoms with E-state index in [1.807, 2.05) is 24.3 Å². The Balaban J connectivity index is 2.60. The third-order valence-corrected chi connectivity index (χ3v) is 2.61. The first-order valence-corrected chi connectivity index (χ1v) is 6.39. The van der Waals surface area contributed by atoms with Gasteiger partial charge in [0, 0.05) is 26.2 Å². The fraction of sp³-hybridized carbons (Fsp3) is 0.500. The summed E-state index contributed by atoms with van der Waals surface area (Å²) in [5, 5.41) is 12.3. The minimum absolute atomic E-state index is 0.158. The third kappa shape index (κ3) is 5.40. The Labute approximate surface area is 109 Å². The maximum absolute atomic E-state index is 9.01. The molecule has 0 unspecified atom stereocenters. The summed E-state index contributed by atoms with van der Waals surface area (Å²) in [6.07, 6.45) is 1.85. The minimum Gasteiger partial charge on any atom is -0.395 e. The zero-order chi connectivity index (χ0) is 13.2. The van der Waals surface area contributed by atoms with Crippen LogP contribution in [0.1, 0.15) is 18.3 Å². The second-order valence-corrected chi connectivity index (χ2v) is 4.15. The molecule has 0 bridgehead atoms. The summed E-state index contributed by atoms with van der Waals surface area (Å²) in [7, 11) is 0. The van der Waals surface area contributed by atoms with Crippen molar-refractivity contribution in [2.45, 2.75) is 20.0 Å². The van der Waals surface area contributed by atoms with E-state index in [9.17, 15) is 0 Å². The normalized spacial score (nSPS) is 10.8. The van der Waals surface area contributed by atoms with Crippen molar-refractivity contribution >= 4 is 0 Å². The first kappa shape index (κ1) is 14.8. The number of aliphatic hydroxyl groups is 1. The summed E-state index contributed by atoms with van der Waals surface area (Å²) < 4.78 is 0. The molecule has 0 amide bonds. The highest BCUT2D eigenvalue weighted by Gasteiger charge is 2.05. The first-order valence-electron chi connectivity index (χ1n) is 6.39. The molecule has 0 aliphatic rings. The van der Waals surface area contributed by atoms with Gasteiger partial charge in [0.2, 0.25) is 0 Å². The maximum Gasteiger partial charge on any atom is 0.0558 e. The maximum atomic E-state index is 9.01. The number of aromatic nitrogens is 1. The van der Waals surface area contributed by atoms with Crippen LogP contribution in [0.2, 0.25) is 0 Å². The Morgan fingerprint density at radius 2 is 2.22 bits per heavy atom. The molecule has 1 aromatic heterocycles. The molecule has 1 heterocycles. The van der Waals surface area contributed by atoms with E-state index in [1.54, 1.807) is 0 Å². The van der Waals surface area contributed by atoms with Crippen LogP contribution in [0, 0.1) is 0 Å². The van der Waals surface area contributed by atoms with E-state index < -0.39 is 0 Å². The first-order chi connectivity index (χ1) is 8.80.